The summed E-state index contributed by atoms with van der Waals surface area (Å²) in [5, 5.41) is 23.3. The molecule has 12 heteroatoms. The number of thiazole rings is 1. The minimum atomic E-state index is -1.09. The quantitative estimate of drug-likeness (QED) is 0.360. The molecule has 1 aromatic carbocycles. The minimum Gasteiger partial charge on any atom is -0.478 e. The van der Waals surface area contributed by atoms with Crippen molar-refractivity contribution in [3.05, 3.63) is 67.4 Å². The van der Waals surface area contributed by atoms with E-state index in [2.05, 4.69) is 15.3 Å². The van der Waals surface area contributed by atoms with Gasteiger partial charge in [-0.2, -0.15) is 0 Å². The number of aromatic nitrogens is 2. The summed E-state index contributed by atoms with van der Waals surface area (Å²) in [5.41, 5.74) is 1.84. The summed E-state index contributed by atoms with van der Waals surface area (Å²) in [5.74, 6) is -2.03. The number of aromatic amines is 1. The van der Waals surface area contributed by atoms with E-state index in [-0.39, 0.29) is 51.4 Å². The molecule has 0 spiro atoms. The van der Waals surface area contributed by atoms with Gasteiger partial charge in [-0.1, -0.05) is 52.7 Å². The number of H-pyrrole nitrogens is 1. The molecule has 2 aliphatic rings. The molecule has 3 heterocycles. The Morgan fingerprint density at radius 3 is 2.43 bits per heavy atom. The summed E-state index contributed by atoms with van der Waals surface area (Å²) < 4.78 is 0. The normalized spacial score (nSPS) is 20.5. The van der Waals surface area contributed by atoms with Gasteiger partial charge in [0.05, 0.1) is 21.3 Å². The van der Waals surface area contributed by atoms with Crippen molar-refractivity contribution >= 4 is 57.5 Å². The van der Waals surface area contributed by atoms with Crippen LogP contribution in [0.2, 0.25) is 10.0 Å². The highest BCUT2D eigenvalue weighted by atomic mass is 35.5. The summed E-state index contributed by atoms with van der Waals surface area (Å²) in [6, 6.07) is 6.50. The number of carboxylic acid groups (broad SMARTS) is 2. The lowest BCUT2D eigenvalue weighted by atomic mass is 10.0. The molecule has 0 radical (unpaired) electrons. The molecule has 1 aliphatic carbocycles. The fourth-order valence-corrected chi connectivity index (χ4v) is 6.03. The number of piperidine rings is 1. The number of carboxylic acids is 2. The second kappa shape index (κ2) is 8.85. The number of anilines is 1. The largest absolute Gasteiger partial charge is 0.478 e. The molecule has 2 unspecified atom stereocenters. The number of halogens is 2. The van der Waals surface area contributed by atoms with Crippen LogP contribution in [0, 0.1) is 18.8 Å². The Morgan fingerprint density at radius 2 is 1.83 bits per heavy atom. The van der Waals surface area contributed by atoms with Crippen molar-refractivity contribution in [2.75, 3.05) is 18.0 Å². The highest BCUT2D eigenvalue weighted by molar-refractivity contribution is 7.17. The number of fused-ring (bicyclic) bond motifs is 1. The Balaban J connectivity index is 1.27. The molecule has 3 aromatic rings. The average molecular weight is 535 g/mol. The smallest absolute Gasteiger partial charge is 0.347 e. The highest BCUT2D eigenvalue weighted by Gasteiger charge is 2.57. The number of amides is 1. The molecule has 35 heavy (non-hydrogen) atoms. The fraction of sp³-hybridized carbons (Fsp3) is 0.304. The first-order chi connectivity index (χ1) is 16.7. The monoisotopic (exact) mass is 534 g/mol. The van der Waals surface area contributed by atoms with Crippen LogP contribution < -0.4 is 10.2 Å². The molecule has 2 aromatic heterocycles. The molecule has 1 saturated carbocycles. The van der Waals surface area contributed by atoms with Crippen LogP contribution in [0.1, 0.15) is 47.5 Å². The zero-order valence-corrected chi connectivity index (χ0v) is 20.7. The van der Waals surface area contributed by atoms with Crippen molar-refractivity contribution in [1.82, 2.24) is 15.3 Å². The van der Waals surface area contributed by atoms with Crippen LogP contribution in [0.25, 0.3) is 0 Å². The third kappa shape index (κ3) is 4.26. The van der Waals surface area contributed by atoms with Gasteiger partial charge in [0.25, 0.3) is 5.91 Å². The van der Waals surface area contributed by atoms with E-state index in [4.69, 9.17) is 23.2 Å². The van der Waals surface area contributed by atoms with Gasteiger partial charge < -0.3 is 25.4 Å². The number of benzene rings is 1. The maximum Gasteiger partial charge on any atom is 0.347 e. The topological polar surface area (TPSA) is 136 Å². The summed E-state index contributed by atoms with van der Waals surface area (Å²) in [4.78, 5) is 45.6. The predicted molar refractivity (Wildman–Crippen MR) is 131 cm³/mol. The van der Waals surface area contributed by atoms with Gasteiger partial charge in [0.2, 0.25) is 0 Å². The zero-order chi connectivity index (χ0) is 25.0. The second-order valence-corrected chi connectivity index (χ2v) is 10.4. The van der Waals surface area contributed by atoms with E-state index >= 15 is 0 Å². The maximum absolute atomic E-state index is 12.6. The number of aryl methyl sites for hydroxylation is 1. The summed E-state index contributed by atoms with van der Waals surface area (Å²) in [6.07, 6.45) is 0.110. The number of carbonyl (C=O) groups is 3. The number of carbonyl (C=O) groups excluding carboxylic acids is 1. The molecule has 1 saturated heterocycles. The lowest BCUT2D eigenvalue weighted by Crippen LogP contribution is -2.34. The van der Waals surface area contributed by atoms with Gasteiger partial charge in [0.15, 0.2) is 5.13 Å². The standard InChI is InChI=1S/C23H20Cl2N4O5S/c1-9-15(24)16(25)18(26-9)20(30)28-17-12-7-29(8-13(12)17)23-27-14(19(35-23)22(33)34)6-10-4-2-3-5-11(10)21(31)32/h2-5,12-13,17,26H,6-8H2,1H3,(H,28,30)(H,31,32)(H,33,34). The van der Waals surface area contributed by atoms with Crippen LogP contribution in [0.4, 0.5) is 5.13 Å². The van der Waals surface area contributed by atoms with Gasteiger partial charge >= 0.3 is 11.9 Å². The Morgan fingerprint density at radius 1 is 1.14 bits per heavy atom. The highest BCUT2D eigenvalue weighted by Crippen LogP contribution is 2.48. The van der Waals surface area contributed by atoms with E-state index in [9.17, 15) is 24.6 Å². The van der Waals surface area contributed by atoms with Gasteiger partial charge in [-0.3, -0.25) is 4.79 Å². The molecule has 5 rings (SSSR count). The van der Waals surface area contributed by atoms with Crippen molar-refractivity contribution in [1.29, 1.82) is 0 Å². The van der Waals surface area contributed by atoms with Crippen LogP contribution in [-0.2, 0) is 6.42 Å². The van der Waals surface area contributed by atoms with Crippen molar-refractivity contribution in [3.63, 3.8) is 0 Å². The lowest BCUT2D eigenvalue weighted by Gasteiger charge is -2.19. The summed E-state index contributed by atoms with van der Waals surface area (Å²) >= 11 is 13.3. The van der Waals surface area contributed by atoms with Gasteiger partial charge in [0, 0.05) is 43.1 Å². The number of hydrogen-bond acceptors (Lipinski definition) is 6. The average Bonchev–Trinajstić information content (AvgIpc) is 3.19. The minimum absolute atomic E-state index is 0.00183. The van der Waals surface area contributed by atoms with Crippen molar-refractivity contribution in [3.8, 4) is 0 Å². The zero-order valence-electron chi connectivity index (χ0n) is 18.3. The molecule has 2 atom stereocenters. The second-order valence-electron chi connectivity index (χ2n) is 8.70. The van der Waals surface area contributed by atoms with Gasteiger partial charge in [-0.25, -0.2) is 14.6 Å². The SMILES string of the molecule is Cc1[nH]c(C(=O)NC2C3CN(c4nc(Cc5ccccc5C(=O)O)c(C(=O)O)s4)CC32)c(Cl)c1Cl. The van der Waals surface area contributed by atoms with Crippen molar-refractivity contribution < 1.29 is 24.6 Å². The molecular weight excluding hydrogens is 515 g/mol. The Bertz CT molecular complexity index is 1360. The van der Waals surface area contributed by atoms with E-state index in [1.807, 2.05) is 4.90 Å². The Labute approximate surface area is 213 Å². The van der Waals surface area contributed by atoms with Crippen molar-refractivity contribution in [2.45, 2.75) is 19.4 Å². The number of aromatic carboxylic acids is 2. The molecule has 0 bridgehead atoms. The fourth-order valence-electron chi connectivity index (χ4n) is 4.67. The van der Waals surface area contributed by atoms with Gasteiger partial charge in [-0.15, -0.1) is 0 Å². The molecule has 1 aliphatic heterocycles. The molecule has 2 fully saturated rings. The third-order valence-corrected chi connectivity index (χ3v) is 8.62. The number of hydrogen-bond donors (Lipinski definition) is 4. The Hall–Kier alpha value is -3.08. The van der Waals surface area contributed by atoms with Crippen LogP contribution in [0.5, 0.6) is 0 Å². The first-order valence-electron chi connectivity index (χ1n) is 10.8. The lowest BCUT2D eigenvalue weighted by molar-refractivity contribution is 0.0688. The molecule has 182 valence electrons. The van der Waals surface area contributed by atoms with Crippen LogP contribution in [0.3, 0.4) is 0 Å². The maximum atomic E-state index is 12.6. The third-order valence-electron chi connectivity index (χ3n) is 6.53. The van der Waals surface area contributed by atoms with E-state index in [0.29, 0.717) is 40.2 Å². The van der Waals surface area contributed by atoms with Gasteiger partial charge in [-0.05, 0) is 18.6 Å². The number of nitrogens with one attached hydrogen (secondary N) is 2. The molecular formula is C23H20Cl2N4O5S. The summed E-state index contributed by atoms with van der Waals surface area (Å²) in [6.45, 7) is 3.00. The van der Waals surface area contributed by atoms with E-state index < -0.39 is 11.9 Å². The number of rotatable bonds is 7. The number of nitrogens with zero attached hydrogens (tertiary/aromatic N) is 2. The summed E-state index contributed by atoms with van der Waals surface area (Å²) in [7, 11) is 0. The first-order valence-corrected chi connectivity index (χ1v) is 12.4. The molecule has 1 amide bonds. The van der Waals surface area contributed by atoms with E-state index in [1.165, 1.54) is 6.07 Å². The molecule has 4 N–H and O–H groups in total. The molecule has 9 nitrogen and oxygen atoms in total. The Kier molecular flexibility index (Phi) is 5.98. The van der Waals surface area contributed by atoms with Crippen LogP contribution in [-0.4, -0.2) is 57.2 Å². The first kappa shape index (κ1) is 23.7. The van der Waals surface area contributed by atoms with Gasteiger partial charge in [0.1, 0.15) is 10.6 Å². The van der Waals surface area contributed by atoms with E-state index in [1.54, 1.807) is 25.1 Å². The van der Waals surface area contributed by atoms with Crippen LogP contribution >= 0.6 is 34.5 Å². The van der Waals surface area contributed by atoms with Crippen LogP contribution in [0.15, 0.2) is 24.3 Å². The predicted octanol–water partition coefficient (Wildman–Crippen LogP) is 3.94. The van der Waals surface area contributed by atoms with Crippen molar-refractivity contribution in [2.24, 2.45) is 11.8 Å². The van der Waals surface area contributed by atoms with E-state index in [0.717, 1.165) is 11.3 Å².